The van der Waals surface area contributed by atoms with Crippen LogP contribution in [-0.2, 0) is 4.74 Å². The summed E-state index contributed by atoms with van der Waals surface area (Å²) in [5.41, 5.74) is 0. The van der Waals surface area contributed by atoms with Gasteiger partial charge in [-0.15, -0.1) is 12.6 Å². The van der Waals surface area contributed by atoms with E-state index in [0.717, 1.165) is 4.90 Å². The second kappa shape index (κ2) is 5.32. The van der Waals surface area contributed by atoms with Crippen LogP contribution in [0.1, 0.15) is 0 Å². The predicted molar refractivity (Wildman–Crippen MR) is 56.9 cm³/mol. The Bertz CT molecular complexity index is 283. The van der Waals surface area contributed by atoms with Crippen LogP contribution in [0.4, 0.5) is 5.82 Å². The molecule has 3 nitrogen and oxygen atoms in total. The topological polar surface area (TPSA) is 34.1 Å². The molecule has 0 aliphatic rings. The summed E-state index contributed by atoms with van der Waals surface area (Å²) in [5, 5.41) is 3.58. The Morgan fingerprint density at radius 2 is 2.46 bits per heavy atom. The fourth-order valence-electron chi connectivity index (χ4n) is 0.828. The first-order valence-electron chi connectivity index (χ1n) is 3.82. The average molecular weight is 219 g/mol. The molecule has 0 atom stereocenters. The van der Waals surface area contributed by atoms with Crippen molar-refractivity contribution in [1.29, 1.82) is 0 Å². The minimum absolute atomic E-state index is 0.543. The molecule has 0 amide bonds. The molecule has 5 heteroatoms. The van der Waals surface area contributed by atoms with Gasteiger partial charge in [0.15, 0.2) is 0 Å². The van der Waals surface area contributed by atoms with E-state index < -0.39 is 0 Å². The Morgan fingerprint density at radius 3 is 3.15 bits per heavy atom. The first-order valence-corrected chi connectivity index (χ1v) is 4.64. The van der Waals surface area contributed by atoms with Crippen LogP contribution in [0.3, 0.4) is 0 Å². The Balaban J connectivity index is 2.61. The molecule has 72 valence electrons. The van der Waals surface area contributed by atoms with Crippen molar-refractivity contribution in [3.05, 3.63) is 17.3 Å². The maximum absolute atomic E-state index is 5.93. The average Bonchev–Trinajstić information content (AvgIpc) is 2.13. The second-order valence-electron chi connectivity index (χ2n) is 2.41. The standard InChI is InChI=1S/C8H11ClN2OS/c1-12-5-4-11-8-7(9)6(13)2-3-10-8/h2-3H,4-5H2,1H3,(H2,10,11,13). The molecule has 0 spiro atoms. The number of hydrogen-bond donors (Lipinski definition) is 2. The number of hydrogen-bond acceptors (Lipinski definition) is 4. The largest absolute Gasteiger partial charge is 0.383 e. The number of aromatic nitrogens is 1. The number of ether oxygens (including phenoxy) is 1. The first-order chi connectivity index (χ1) is 6.25. The van der Waals surface area contributed by atoms with Crippen molar-refractivity contribution in [3.8, 4) is 0 Å². The van der Waals surface area contributed by atoms with E-state index in [1.165, 1.54) is 0 Å². The molecule has 0 aliphatic heterocycles. The molecular weight excluding hydrogens is 208 g/mol. The van der Waals surface area contributed by atoms with Gasteiger partial charge in [0.2, 0.25) is 0 Å². The number of thiol groups is 1. The molecule has 0 saturated heterocycles. The Kier molecular flexibility index (Phi) is 4.35. The molecule has 0 fully saturated rings. The van der Waals surface area contributed by atoms with E-state index in [1.807, 2.05) is 0 Å². The summed E-state index contributed by atoms with van der Waals surface area (Å²) < 4.78 is 4.88. The summed E-state index contributed by atoms with van der Waals surface area (Å²) >= 11 is 10.1. The van der Waals surface area contributed by atoms with Gasteiger partial charge in [0.25, 0.3) is 0 Å². The van der Waals surface area contributed by atoms with Crippen molar-refractivity contribution < 1.29 is 4.74 Å². The highest BCUT2D eigenvalue weighted by atomic mass is 35.5. The van der Waals surface area contributed by atoms with Crippen molar-refractivity contribution in [2.24, 2.45) is 0 Å². The summed E-state index contributed by atoms with van der Waals surface area (Å²) in [4.78, 5) is 4.78. The van der Waals surface area contributed by atoms with E-state index in [-0.39, 0.29) is 0 Å². The number of nitrogens with one attached hydrogen (secondary N) is 1. The van der Waals surface area contributed by atoms with Crippen molar-refractivity contribution in [2.75, 3.05) is 25.6 Å². The van der Waals surface area contributed by atoms with Gasteiger partial charge in [-0.3, -0.25) is 0 Å². The van der Waals surface area contributed by atoms with E-state index in [0.29, 0.717) is 24.0 Å². The molecule has 0 aromatic carbocycles. The number of rotatable bonds is 4. The minimum atomic E-state index is 0.543. The normalized spacial score (nSPS) is 10.1. The summed E-state index contributed by atoms with van der Waals surface area (Å²) in [6, 6.07) is 1.74. The summed E-state index contributed by atoms with van der Waals surface area (Å²) in [7, 11) is 1.64. The zero-order valence-corrected chi connectivity index (χ0v) is 8.90. The van der Waals surface area contributed by atoms with Crippen LogP contribution in [0.2, 0.25) is 5.02 Å². The summed E-state index contributed by atoms with van der Waals surface area (Å²) in [5.74, 6) is 0.645. The van der Waals surface area contributed by atoms with Gasteiger partial charge in [0.1, 0.15) is 5.82 Å². The molecule has 1 heterocycles. The minimum Gasteiger partial charge on any atom is -0.383 e. The number of halogens is 1. The lowest BCUT2D eigenvalue weighted by atomic mass is 10.4. The van der Waals surface area contributed by atoms with E-state index in [1.54, 1.807) is 19.4 Å². The maximum Gasteiger partial charge on any atom is 0.145 e. The highest BCUT2D eigenvalue weighted by Crippen LogP contribution is 2.25. The van der Waals surface area contributed by atoms with Gasteiger partial charge in [0.05, 0.1) is 11.6 Å². The molecule has 1 N–H and O–H groups in total. The number of pyridine rings is 1. The molecule has 1 aromatic rings. The highest BCUT2D eigenvalue weighted by Gasteiger charge is 2.03. The molecule has 0 radical (unpaired) electrons. The van der Waals surface area contributed by atoms with E-state index in [4.69, 9.17) is 16.3 Å². The van der Waals surface area contributed by atoms with Crippen LogP contribution >= 0.6 is 24.2 Å². The monoisotopic (exact) mass is 218 g/mol. The van der Waals surface area contributed by atoms with Gasteiger partial charge in [-0.25, -0.2) is 4.98 Å². The lowest BCUT2D eigenvalue weighted by molar-refractivity contribution is 0.210. The van der Waals surface area contributed by atoms with Crippen LogP contribution in [0.15, 0.2) is 17.2 Å². The molecule has 1 aromatic heterocycles. The zero-order chi connectivity index (χ0) is 9.68. The highest BCUT2D eigenvalue weighted by molar-refractivity contribution is 7.80. The Labute approximate surface area is 87.9 Å². The fraction of sp³-hybridized carbons (Fsp3) is 0.375. The first kappa shape index (κ1) is 10.6. The number of nitrogens with zero attached hydrogens (tertiary/aromatic N) is 1. The number of methoxy groups -OCH3 is 1. The molecule has 0 bridgehead atoms. The van der Waals surface area contributed by atoms with Crippen molar-refractivity contribution in [3.63, 3.8) is 0 Å². The third-order valence-electron chi connectivity index (χ3n) is 1.47. The number of anilines is 1. The molecule has 13 heavy (non-hydrogen) atoms. The van der Waals surface area contributed by atoms with Crippen molar-refractivity contribution in [1.82, 2.24) is 4.98 Å². The lowest BCUT2D eigenvalue weighted by Crippen LogP contribution is -2.09. The smallest absolute Gasteiger partial charge is 0.145 e. The third-order valence-corrected chi connectivity index (χ3v) is 2.35. The van der Waals surface area contributed by atoms with E-state index >= 15 is 0 Å². The summed E-state index contributed by atoms with van der Waals surface area (Å²) in [6.45, 7) is 1.30. The van der Waals surface area contributed by atoms with E-state index in [2.05, 4.69) is 22.9 Å². The molecule has 0 unspecified atom stereocenters. The van der Waals surface area contributed by atoms with Gasteiger partial charge < -0.3 is 10.1 Å². The lowest BCUT2D eigenvalue weighted by Gasteiger charge is -2.07. The van der Waals surface area contributed by atoms with Crippen LogP contribution in [0.5, 0.6) is 0 Å². The van der Waals surface area contributed by atoms with Gasteiger partial charge in [-0.1, -0.05) is 11.6 Å². The Morgan fingerprint density at radius 1 is 1.69 bits per heavy atom. The van der Waals surface area contributed by atoms with Crippen LogP contribution < -0.4 is 5.32 Å². The second-order valence-corrected chi connectivity index (χ2v) is 3.27. The predicted octanol–water partition coefficient (Wildman–Crippen LogP) is 2.08. The van der Waals surface area contributed by atoms with Crippen LogP contribution in [-0.4, -0.2) is 25.2 Å². The molecule has 0 saturated carbocycles. The molecule has 1 rings (SSSR count). The van der Waals surface area contributed by atoms with Gasteiger partial charge in [-0.05, 0) is 6.07 Å². The maximum atomic E-state index is 5.93. The fourth-order valence-corrected chi connectivity index (χ4v) is 1.18. The van der Waals surface area contributed by atoms with Gasteiger partial charge in [-0.2, -0.15) is 0 Å². The third kappa shape index (κ3) is 3.06. The quantitative estimate of drug-likeness (QED) is 0.600. The van der Waals surface area contributed by atoms with Crippen LogP contribution in [0.25, 0.3) is 0 Å². The van der Waals surface area contributed by atoms with Crippen molar-refractivity contribution >= 4 is 30.0 Å². The van der Waals surface area contributed by atoms with Crippen molar-refractivity contribution in [2.45, 2.75) is 4.90 Å². The van der Waals surface area contributed by atoms with Crippen LogP contribution in [0, 0.1) is 0 Å². The van der Waals surface area contributed by atoms with Gasteiger partial charge in [0, 0.05) is 24.7 Å². The SMILES string of the molecule is COCCNc1nccc(S)c1Cl. The van der Waals surface area contributed by atoms with E-state index in [9.17, 15) is 0 Å². The molecule has 0 aliphatic carbocycles. The van der Waals surface area contributed by atoms with Gasteiger partial charge >= 0.3 is 0 Å². The Hall–Kier alpha value is -0.450. The summed E-state index contributed by atoms with van der Waals surface area (Å²) in [6.07, 6.45) is 1.66. The zero-order valence-electron chi connectivity index (χ0n) is 7.25. The molecular formula is C8H11ClN2OS.